The third-order valence-corrected chi connectivity index (χ3v) is 3.90. The zero-order valence-corrected chi connectivity index (χ0v) is 9.67. The van der Waals surface area contributed by atoms with Gasteiger partial charge in [0.15, 0.2) is 0 Å². The third-order valence-electron chi connectivity index (χ3n) is 3.90. The van der Waals surface area contributed by atoms with Gasteiger partial charge in [0.2, 0.25) is 5.91 Å². The summed E-state index contributed by atoms with van der Waals surface area (Å²) in [6.07, 6.45) is 5.90. The first-order valence-electron chi connectivity index (χ1n) is 6.25. The first-order valence-corrected chi connectivity index (χ1v) is 6.25. The molecule has 2 aliphatic heterocycles. The Kier molecular flexibility index (Phi) is 3.62. The minimum atomic E-state index is 0.319. The highest BCUT2D eigenvalue weighted by Gasteiger charge is 2.32. The number of hydrogen-bond acceptors (Lipinski definition) is 2. The van der Waals surface area contributed by atoms with Crippen LogP contribution in [-0.4, -0.2) is 37.5 Å². The van der Waals surface area contributed by atoms with Gasteiger partial charge in [-0.2, -0.15) is 0 Å². The summed E-state index contributed by atoms with van der Waals surface area (Å²) in [6.45, 7) is 3.15. The maximum absolute atomic E-state index is 12.2. The predicted octanol–water partition coefficient (Wildman–Crippen LogP) is 1.24. The fourth-order valence-electron chi connectivity index (χ4n) is 2.91. The molecular formula is C12H22N2O. The largest absolute Gasteiger partial charge is 0.346 e. The number of carbonyl (C=O) groups is 1. The van der Waals surface area contributed by atoms with Crippen LogP contribution in [0.15, 0.2) is 0 Å². The van der Waals surface area contributed by atoms with Crippen LogP contribution in [0.1, 0.15) is 32.1 Å². The summed E-state index contributed by atoms with van der Waals surface area (Å²) in [5.74, 6) is 1.36. The lowest BCUT2D eigenvalue weighted by molar-refractivity contribution is -0.135. The Hall–Kier alpha value is -0.570. The van der Waals surface area contributed by atoms with E-state index in [0.29, 0.717) is 17.7 Å². The highest BCUT2D eigenvalue weighted by atomic mass is 16.2. The molecule has 3 nitrogen and oxygen atoms in total. The molecule has 0 aliphatic carbocycles. The molecule has 0 saturated carbocycles. The van der Waals surface area contributed by atoms with Crippen molar-refractivity contribution in [1.29, 1.82) is 0 Å². The Bertz CT molecular complexity index is 224. The molecule has 1 amide bonds. The van der Waals surface area contributed by atoms with Gasteiger partial charge in [-0.3, -0.25) is 4.79 Å². The molecule has 2 aliphatic rings. The van der Waals surface area contributed by atoms with Gasteiger partial charge in [0.05, 0.1) is 0 Å². The molecule has 3 heteroatoms. The van der Waals surface area contributed by atoms with Crippen molar-refractivity contribution < 1.29 is 4.79 Å². The highest BCUT2D eigenvalue weighted by Crippen LogP contribution is 2.29. The lowest BCUT2D eigenvalue weighted by Gasteiger charge is -2.30. The summed E-state index contributed by atoms with van der Waals surface area (Å²) in [5.41, 5.74) is 0. The molecule has 0 spiro atoms. The van der Waals surface area contributed by atoms with Crippen molar-refractivity contribution in [3.63, 3.8) is 0 Å². The lowest BCUT2D eigenvalue weighted by atomic mass is 9.81. The molecule has 2 rings (SSSR count). The minimum absolute atomic E-state index is 0.319. The van der Waals surface area contributed by atoms with E-state index in [2.05, 4.69) is 5.32 Å². The van der Waals surface area contributed by atoms with Crippen LogP contribution < -0.4 is 5.32 Å². The van der Waals surface area contributed by atoms with Gasteiger partial charge < -0.3 is 10.2 Å². The van der Waals surface area contributed by atoms with Gasteiger partial charge in [-0.05, 0) is 44.7 Å². The number of nitrogens with zero attached hydrogens (tertiary/aromatic N) is 1. The van der Waals surface area contributed by atoms with Gasteiger partial charge in [-0.25, -0.2) is 0 Å². The predicted molar refractivity (Wildman–Crippen MR) is 60.6 cm³/mol. The van der Waals surface area contributed by atoms with Crippen LogP contribution in [0.4, 0.5) is 0 Å². The highest BCUT2D eigenvalue weighted by molar-refractivity contribution is 5.79. The fourth-order valence-corrected chi connectivity index (χ4v) is 2.91. The van der Waals surface area contributed by atoms with E-state index >= 15 is 0 Å². The van der Waals surface area contributed by atoms with Gasteiger partial charge in [-0.1, -0.05) is 6.42 Å². The number of piperidine rings is 1. The maximum atomic E-state index is 12.2. The minimum Gasteiger partial charge on any atom is -0.346 e. The van der Waals surface area contributed by atoms with Crippen molar-refractivity contribution in [2.45, 2.75) is 32.1 Å². The normalized spacial score (nSPS) is 30.3. The first kappa shape index (κ1) is 10.9. The van der Waals surface area contributed by atoms with E-state index in [1.807, 2.05) is 11.9 Å². The Balaban J connectivity index is 2.00. The molecule has 0 aromatic rings. The molecule has 2 fully saturated rings. The smallest absolute Gasteiger partial charge is 0.225 e. The summed E-state index contributed by atoms with van der Waals surface area (Å²) in [7, 11) is 1.96. The molecule has 0 radical (unpaired) electrons. The second-order valence-corrected chi connectivity index (χ2v) is 4.95. The zero-order chi connectivity index (χ0) is 10.7. The third kappa shape index (κ3) is 2.51. The number of rotatable bonds is 1. The van der Waals surface area contributed by atoms with Crippen molar-refractivity contribution in [2.75, 3.05) is 26.7 Å². The molecular weight excluding hydrogens is 188 g/mol. The summed E-state index contributed by atoms with van der Waals surface area (Å²) in [4.78, 5) is 14.1. The van der Waals surface area contributed by atoms with Gasteiger partial charge in [0, 0.05) is 19.5 Å². The Morgan fingerprint density at radius 2 is 1.93 bits per heavy atom. The second kappa shape index (κ2) is 4.97. The molecule has 2 saturated heterocycles. The van der Waals surface area contributed by atoms with Gasteiger partial charge >= 0.3 is 0 Å². The Labute approximate surface area is 92.2 Å². The fraction of sp³-hybridized carbons (Fsp3) is 0.917. The Morgan fingerprint density at radius 3 is 2.67 bits per heavy atom. The van der Waals surface area contributed by atoms with Crippen LogP contribution >= 0.6 is 0 Å². The van der Waals surface area contributed by atoms with Gasteiger partial charge in [0.25, 0.3) is 0 Å². The van der Waals surface area contributed by atoms with Crippen molar-refractivity contribution in [3.05, 3.63) is 0 Å². The van der Waals surface area contributed by atoms with E-state index in [1.54, 1.807) is 0 Å². The first-order chi connectivity index (χ1) is 7.29. The van der Waals surface area contributed by atoms with Crippen molar-refractivity contribution in [2.24, 2.45) is 11.8 Å². The summed E-state index contributed by atoms with van der Waals surface area (Å²) >= 11 is 0. The van der Waals surface area contributed by atoms with Crippen molar-refractivity contribution >= 4 is 5.91 Å². The number of nitrogens with one attached hydrogen (secondary N) is 1. The van der Waals surface area contributed by atoms with Crippen molar-refractivity contribution in [3.8, 4) is 0 Å². The molecule has 2 heterocycles. The van der Waals surface area contributed by atoms with Crippen LogP contribution in [0.25, 0.3) is 0 Å². The average molecular weight is 210 g/mol. The van der Waals surface area contributed by atoms with Crippen LogP contribution in [-0.2, 0) is 4.79 Å². The topological polar surface area (TPSA) is 32.3 Å². The van der Waals surface area contributed by atoms with Gasteiger partial charge in [0.1, 0.15) is 0 Å². The zero-order valence-electron chi connectivity index (χ0n) is 9.67. The van der Waals surface area contributed by atoms with Gasteiger partial charge in [-0.15, -0.1) is 0 Å². The van der Waals surface area contributed by atoms with Crippen LogP contribution in [0.2, 0.25) is 0 Å². The summed E-state index contributed by atoms with van der Waals surface area (Å²) in [6, 6.07) is 0. The average Bonchev–Trinajstić information content (AvgIpc) is 2.44. The van der Waals surface area contributed by atoms with Crippen molar-refractivity contribution in [1.82, 2.24) is 10.2 Å². The van der Waals surface area contributed by atoms with Crippen LogP contribution in [0.3, 0.4) is 0 Å². The molecule has 0 aromatic carbocycles. The van der Waals surface area contributed by atoms with E-state index in [4.69, 9.17) is 0 Å². The van der Waals surface area contributed by atoms with Crippen LogP contribution in [0.5, 0.6) is 0 Å². The van der Waals surface area contributed by atoms with Crippen LogP contribution in [0, 0.1) is 11.8 Å². The Morgan fingerprint density at radius 1 is 1.20 bits per heavy atom. The molecule has 86 valence electrons. The molecule has 1 atom stereocenters. The number of hydrogen-bond donors (Lipinski definition) is 1. The standard InChI is InChI=1S/C12H22N2O/c1-14-9-3-2-4-11(12(14)15)10-5-7-13-8-6-10/h10-11,13H,2-9H2,1H3/t11-/m1/s1. The summed E-state index contributed by atoms with van der Waals surface area (Å²) in [5, 5.41) is 3.37. The number of carbonyl (C=O) groups excluding carboxylic acids is 1. The van der Waals surface area contributed by atoms with E-state index in [0.717, 1.165) is 26.1 Å². The van der Waals surface area contributed by atoms with E-state index in [-0.39, 0.29) is 0 Å². The molecule has 0 bridgehead atoms. The molecule has 15 heavy (non-hydrogen) atoms. The number of likely N-dealkylation sites (tertiary alicyclic amines) is 1. The van der Waals surface area contributed by atoms with E-state index < -0.39 is 0 Å². The SMILES string of the molecule is CN1CCCC[C@H](C2CCNCC2)C1=O. The molecule has 0 aromatic heterocycles. The number of amides is 1. The second-order valence-electron chi connectivity index (χ2n) is 4.95. The maximum Gasteiger partial charge on any atom is 0.225 e. The molecule has 0 unspecified atom stereocenters. The molecule has 1 N–H and O–H groups in total. The lowest BCUT2D eigenvalue weighted by Crippen LogP contribution is -2.39. The quantitative estimate of drug-likeness (QED) is 0.706. The van der Waals surface area contributed by atoms with E-state index in [9.17, 15) is 4.79 Å². The summed E-state index contributed by atoms with van der Waals surface area (Å²) < 4.78 is 0. The monoisotopic (exact) mass is 210 g/mol. The van der Waals surface area contributed by atoms with E-state index in [1.165, 1.54) is 25.7 Å².